The van der Waals surface area contributed by atoms with E-state index in [1.54, 1.807) is 15.9 Å². The number of aromatic nitrogens is 4. The molecule has 0 spiro atoms. The van der Waals surface area contributed by atoms with E-state index in [1.165, 1.54) is 24.7 Å². The molecule has 3 rings (SSSR count). The molecule has 1 amide bonds. The molecule has 0 aliphatic carbocycles. The van der Waals surface area contributed by atoms with Crippen molar-refractivity contribution in [2.75, 3.05) is 13.1 Å². The van der Waals surface area contributed by atoms with Gasteiger partial charge in [-0.15, -0.1) is 0 Å². The SMILES string of the molecule is O=C(c1ccc(OC(F)F)nc1)N1CCCC(Cn2cncn2)C1. The molecule has 24 heavy (non-hydrogen) atoms. The summed E-state index contributed by atoms with van der Waals surface area (Å²) in [6.07, 6.45) is 6.34. The lowest BCUT2D eigenvalue weighted by Crippen LogP contribution is -2.41. The van der Waals surface area contributed by atoms with Crippen LogP contribution in [0.25, 0.3) is 0 Å². The maximum atomic E-state index is 12.5. The number of likely N-dealkylation sites (tertiary alicyclic amines) is 1. The standard InChI is InChI=1S/C15H17F2N5O2/c16-15(17)24-13-4-3-12(6-19-13)14(23)21-5-1-2-11(7-21)8-22-10-18-9-20-22/h3-4,6,9-11,15H,1-2,5,7-8H2. The predicted molar refractivity (Wildman–Crippen MR) is 79.5 cm³/mol. The van der Waals surface area contributed by atoms with E-state index < -0.39 is 6.61 Å². The number of halogens is 2. The average Bonchev–Trinajstić information content (AvgIpc) is 3.07. The zero-order valence-corrected chi connectivity index (χ0v) is 12.9. The number of ether oxygens (including phenoxy) is 1. The van der Waals surface area contributed by atoms with Crippen molar-refractivity contribution in [3.8, 4) is 5.88 Å². The zero-order valence-electron chi connectivity index (χ0n) is 12.9. The van der Waals surface area contributed by atoms with Crippen molar-refractivity contribution in [2.45, 2.75) is 26.0 Å². The molecule has 9 heteroatoms. The number of amides is 1. The maximum absolute atomic E-state index is 12.5. The van der Waals surface area contributed by atoms with Crippen molar-refractivity contribution >= 4 is 5.91 Å². The Kier molecular flexibility index (Phi) is 4.97. The van der Waals surface area contributed by atoms with Crippen LogP contribution < -0.4 is 4.74 Å². The summed E-state index contributed by atoms with van der Waals surface area (Å²) < 4.78 is 30.2. The first kappa shape index (κ1) is 16.3. The second-order valence-electron chi connectivity index (χ2n) is 5.64. The van der Waals surface area contributed by atoms with Crippen molar-refractivity contribution in [1.29, 1.82) is 0 Å². The second-order valence-corrected chi connectivity index (χ2v) is 5.64. The Hall–Kier alpha value is -2.58. The highest BCUT2D eigenvalue weighted by molar-refractivity contribution is 5.94. The van der Waals surface area contributed by atoms with Gasteiger partial charge in [0.2, 0.25) is 5.88 Å². The molecule has 128 valence electrons. The highest BCUT2D eigenvalue weighted by atomic mass is 19.3. The molecule has 0 aromatic carbocycles. The molecule has 0 radical (unpaired) electrons. The lowest BCUT2D eigenvalue weighted by atomic mass is 9.97. The molecule has 1 fully saturated rings. The lowest BCUT2D eigenvalue weighted by molar-refractivity contribution is -0.0528. The number of nitrogens with zero attached hydrogens (tertiary/aromatic N) is 5. The minimum absolute atomic E-state index is 0.158. The Bertz CT molecular complexity index is 663. The molecule has 1 aliphatic rings. The number of carbonyl (C=O) groups excluding carboxylic acids is 1. The number of piperidine rings is 1. The fraction of sp³-hybridized carbons (Fsp3) is 0.467. The molecule has 7 nitrogen and oxygen atoms in total. The van der Waals surface area contributed by atoms with E-state index in [4.69, 9.17) is 0 Å². The van der Waals surface area contributed by atoms with E-state index in [2.05, 4.69) is 19.8 Å². The van der Waals surface area contributed by atoms with Crippen molar-refractivity contribution in [3.63, 3.8) is 0 Å². The number of hydrogen-bond donors (Lipinski definition) is 0. The molecule has 3 heterocycles. The summed E-state index contributed by atoms with van der Waals surface area (Å²) in [5.41, 5.74) is 0.359. The number of pyridine rings is 1. The highest BCUT2D eigenvalue weighted by Gasteiger charge is 2.25. The Labute approximate surface area is 137 Å². The van der Waals surface area contributed by atoms with Gasteiger partial charge in [0, 0.05) is 31.9 Å². The van der Waals surface area contributed by atoms with Crippen LogP contribution in [-0.2, 0) is 6.54 Å². The van der Waals surface area contributed by atoms with Crippen LogP contribution in [0.1, 0.15) is 23.2 Å². The van der Waals surface area contributed by atoms with Gasteiger partial charge in [0.15, 0.2) is 0 Å². The first-order valence-corrected chi connectivity index (χ1v) is 7.64. The van der Waals surface area contributed by atoms with Crippen molar-refractivity contribution in [2.24, 2.45) is 5.92 Å². The summed E-state index contributed by atoms with van der Waals surface area (Å²) in [6, 6.07) is 2.73. The van der Waals surface area contributed by atoms with Crippen LogP contribution in [0.4, 0.5) is 8.78 Å². The Morgan fingerprint density at radius 2 is 2.29 bits per heavy atom. The van der Waals surface area contributed by atoms with E-state index in [0.29, 0.717) is 31.1 Å². The quantitative estimate of drug-likeness (QED) is 0.832. The normalized spacial score (nSPS) is 18.0. The smallest absolute Gasteiger partial charge is 0.388 e. The third-order valence-electron chi connectivity index (χ3n) is 3.91. The summed E-state index contributed by atoms with van der Waals surface area (Å²) in [5, 5.41) is 4.09. The third-order valence-corrected chi connectivity index (χ3v) is 3.91. The molecule has 1 atom stereocenters. The predicted octanol–water partition coefficient (Wildman–Crippen LogP) is 1.83. The second kappa shape index (κ2) is 7.33. The van der Waals surface area contributed by atoms with Crippen LogP contribution in [-0.4, -0.2) is 50.3 Å². The van der Waals surface area contributed by atoms with Gasteiger partial charge >= 0.3 is 6.61 Å². The summed E-state index contributed by atoms with van der Waals surface area (Å²) in [6.45, 7) is -0.933. The zero-order chi connectivity index (χ0) is 16.9. The van der Waals surface area contributed by atoms with E-state index in [0.717, 1.165) is 12.8 Å². The van der Waals surface area contributed by atoms with Gasteiger partial charge in [-0.2, -0.15) is 13.9 Å². The Morgan fingerprint density at radius 1 is 1.42 bits per heavy atom. The van der Waals surface area contributed by atoms with Crippen molar-refractivity contribution in [1.82, 2.24) is 24.6 Å². The molecule has 2 aromatic heterocycles. The highest BCUT2D eigenvalue weighted by Crippen LogP contribution is 2.20. The number of carbonyl (C=O) groups is 1. The fourth-order valence-electron chi connectivity index (χ4n) is 2.84. The summed E-state index contributed by atoms with van der Waals surface area (Å²) >= 11 is 0. The average molecular weight is 337 g/mol. The van der Waals surface area contributed by atoms with Crippen LogP contribution in [0.3, 0.4) is 0 Å². The topological polar surface area (TPSA) is 73.1 Å². The molecular weight excluding hydrogens is 320 g/mol. The van der Waals surface area contributed by atoms with E-state index in [-0.39, 0.29) is 11.8 Å². The van der Waals surface area contributed by atoms with E-state index in [9.17, 15) is 13.6 Å². The maximum Gasteiger partial charge on any atom is 0.388 e. The largest absolute Gasteiger partial charge is 0.417 e. The van der Waals surface area contributed by atoms with Crippen LogP contribution >= 0.6 is 0 Å². The van der Waals surface area contributed by atoms with Gasteiger partial charge < -0.3 is 9.64 Å². The third kappa shape index (κ3) is 4.03. The van der Waals surface area contributed by atoms with Crippen molar-refractivity contribution in [3.05, 3.63) is 36.5 Å². The molecule has 2 aromatic rings. The van der Waals surface area contributed by atoms with E-state index in [1.807, 2.05) is 0 Å². The van der Waals surface area contributed by atoms with Crippen LogP contribution in [0.2, 0.25) is 0 Å². The fourth-order valence-corrected chi connectivity index (χ4v) is 2.84. The first-order valence-electron chi connectivity index (χ1n) is 7.64. The first-order chi connectivity index (χ1) is 11.6. The minimum Gasteiger partial charge on any atom is -0.417 e. The lowest BCUT2D eigenvalue weighted by Gasteiger charge is -2.32. The number of alkyl halides is 2. The molecule has 0 N–H and O–H groups in total. The molecule has 1 aliphatic heterocycles. The molecule has 0 saturated carbocycles. The molecular formula is C15H17F2N5O2. The van der Waals surface area contributed by atoms with Gasteiger partial charge in [-0.05, 0) is 24.8 Å². The molecule has 1 unspecified atom stereocenters. The molecule has 1 saturated heterocycles. The Morgan fingerprint density at radius 3 is 2.96 bits per heavy atom. The summed E-state index contributed by atoms with van der Waals surface area (Å²) in [5.74, 6) is -0.0579. The number of rotatable bonds is 5. The van der Waals surface area contributed by atoms with Gasteiger partial charge in [-0.1, -0.05) is 0 Å². The van der Waals surface area contributed by atoms with Gasteiger partial charge in [-0.25, -0.2) is 9.97 Å². The van der Waals surface area contributed by atoms with Gasteiger partial charge in [0.1, 0.15) is 12.7 Å². The van der Waals surface area contributed by atoms with Gasteiger partial charge in [0.25, 0.3) is 5.91 Å². The minimum atomic E-state index is -2.93. The van der Waals surface area contributed by atoms with E-state index >= 15 is 0 Å². The van der Waals surface area contributed by atoms with Crippen molar-refractivity contribution < 1.29 is 18.3 Å². The Balaban J connectivity index is 1.61. The van der Waals surface area contributed by atoms with Gasteiger partial charge in [0.05, 0.1) is 5.56 Å². The van der Waals surface area contributed by atoms with Crippen LogP contribution in [0, 0.1) is 5.92 Å². The van der Waals surface area contributed by atoms with Crippen LogP contribution in [0.5, 0.6) is 5.88 Å². The monoisotopic (exact) mass is 337 g/mol. The molecule has 0 bridgehead atoms. The summed E-state index contributed by atoms with van der Waals surface area (Å²) in [7, 11) is 0. The van der Waals surface area contributed by atoms with Crippen LogP contribution in [0.15, 0.2) is 31.0 Å². The summed E-state index contributed by atoms with van der Waals surface area (Å²) in [4.78, 5) is 22.0. The number of hydrogen-bond acceptors (Lipinski definition) is 5. The van der Waals surface area contributed by atoms with Gasteiger partial charge in [-0.3, -0.25) is 9.48 Å².